The molecule has 0 atom stereocenters. The Labute approximate surface area is 249 Å². The Morgan fingerprint density at radius 1 is 0.262 bits per heavy atom. The second-order valence-corrected chi connectivity index (χ2v) is 10.2. The van der Waals surface area contributed by atoms with E-state index >= 15 is 0 Å². The van der Waals surface area contributed by atoms with E-state index in [9.17, 15) is 0 Å². The van der Waals surface area contributed by atoms with Crippen molar-refractivity contribution in [2.75, 3.05) is 0 Å². The molecule has 6 aromatic carbocycles. The van der Waals surface area contributed by atoms with Crippen LogP contribution in [0.25, 0.3) is 35.5 Å². The molecule has 0 saturated heterocycles. The first kappa shape index (κ1) is 26.7. The molecule has 0 aliphatic rings. The van der Waals surface area contributed by atoms with Crippen LogP contribution in [0.5, 0.6) is 0 Å². The van der Waals surface area contributed by atoms with E-state index in [2.05, 4.69) is 194 Å². The van der Waals surface area contributed by atoms with Crippen molar-refractivity contribution < 1.29 is 0 Å². The molecule has 0 spiro atoms. The lowest BCUT2D eigenvalue weighted by Gasteiger charge is -2.09. The first-order chi connectivity index (χ1) is 20.8. The lowest BCUT2D eigenvalue weighted by molar-refractivity contribution is 1.55. The van der Waals surface area contributed by atoms with Gasteiger partial charge in [0.1, 0.15) is 0 Å². The minimum atomic E-state index is 1.17. The van der Waals surface area contributed by atoms with Gasteiger partial charge in [0.15, 0.2) is 0 Å². The first-order valence-corrected chi connectivity index (χ1v) is 14.4. The van der Waals surface area contributed by atoms with Gasteiger partial charge in [0.2, 0.25) is 0 Å². The van der Waals surface area contributed by atoms with Crippen LogP contribution in [0.3, 0.4) is 0 Å². The SMILES string of the molecule is C(=Cc1ccc(C=C(c2ccccc2)c2ccccc2)cc1)c1ccc(C=C(c2ccccc2)c2ccccc2)cc1. The van der Waals surface area contributed by atoms with Crippen LogP contribution in [0.1, 0.15) is 44.5 Å². The van der Waals surface area contributed by atoms with Gasteiger partial charge in [-0.05, 0) is 67.8 Å². The van der Waals surface area contributed by atoms with Crippen LogP contribution >= 0.6 is 0 Å². The van der Waals surface area contributed by atoms with Crippen LogP contribution in [-0.2, 0) is 0 Å². The normalized spacial score (nSPS) is 10.8. The van der Waals surface area contributed by atoms with Crippen molar-refractivity contribution in [3.05, 3.63) is 214 Å². The van der Waals surface area contributed by atoms with E-state index in [0.29, 0.717) is 0 Å². The molecule has 42 heavy (non-hydrogen) atoms. The maximum Gasteiger partial charge on any atom is -0.0105 e. The molecule has 6 rings (SSSR count). The number of hydrogen-bond acceptors (Lipinski definition) is 0. The largest absolute Gasteiger partial charge is 0.0622 e. The maximum atomic E-state index is 2.27. The van der Waals surface area contributed by atoms with Crippen LogP contribution in [-0.4, -0.2) is 0 Å². The van der Waals surface area contributed by atoms with Gasteiger partial charge in [0, 0.05) is 0 Å². The Morgan fingerprint density at radius 3 is 0.762 bits per heavy atom. The standard InChI is InChI=1S/C42H32/c1-5-13-37(14-6-1)41(38-15-7-2-8-16-38)31-35-27-23-33(24-28-35)21-22-34-25-29-36(30-26-34)32-42(39-17-9-3-10-18-39)40-19-11-4-12-20-40/h1-32H. The van der Waals surface area contributed by atoms with Crippen molar-refractivity contribution in [2.24, 2.45) is 0 Å². The molecular weight excluding hydrogens is 504 g/mol. The fraction of sp³-hybridized carbons (Fsp3) is 0. The van der Waals surface area contributed by atoms with Crippen LogP contribution in [0, 0.1) is 0 Å². The molecule has 0 aliphatic heterocycles. The van der Waals surface area contributed by atoms with Gasteiger partial charge in [-0.1, -0.05) is 182 Å². The summed E-state index contributed by atoms with van der Waals surface area (Å²) >= 11 is 0. The minimum Gasteiger partial charge on any atom is -0.0622 e. The molecule has 0 N–H and O–H groups in total. The van der Waals surface area contributed by atoms with Gasteiger partial charge in [-0.2, -0.15) is 0 Å². The highest BCUT2D eigenvalue weighted by molar-refractivity contribution is 5.92. The summed E-state index contributed by atoms with van der Waals surface area (Å²) in [6, 6.07) is 59.8. The molecule has 200 valence electrons. The van der Waals surface area contributed by atoms with Crippen molar-refractivity contribution >= 4 is 35.5 Å². The van der Waals surface area contributed by atoms with E-state index in [1.165, 1.54) is 55.7 Å². The Bertz CT molecular complexity index is 1570. The summed E-state index contributed by atoms with van der Waals surface area (Å²) in [5, 5.41) is 0. The summed E-state index contributed by atoms with van der Waals surface area (Å²) in [7, 11) is 0. The number of benzene rings is 6. The molecule has 6 aromatic rings. The van der Waals surface area contributed by atoms with Crippen molar-refractivity contribution in [3.63, 3.8) is 0 Å². The predicted molar refractivity (Wildman–Crippen MR) is 182 cm³/mol. The molecule has 0 amide bonds. The minimum absolute atomic E-state index is 1.17. The van der Waals surface area contributed by atoms with Gasteiger partial charge in [-0.3, -0.25) is 0 Å². The molecule has 0 aromatic heterocycles. The molecule has 0 unspecified atom stereocenters. The third-order valence-electron chi connectivity index (χ3n) is 7.30. The van der Waals surface area contributed by atoms with Crippen molar-refractivity contribution in [1.29, 1.82) is 0 Å². The van der Waals surface area contributed by atoms with E-state index in [-0.39, 0.29) is 0 Å². The quantitative estimate of drug-likeness (QED) is 0.170. The van der Waals surface area contributed by atoms with Gasteiger partial charge in [0.25, 0.3) is 0 Å². The molecule has 0 saturated carbocycles. The fourth-order valence-electron chi connectivity index (χ4n) is 5.07. The van der Waals surface area contributed by atoms with E-state index in [1.807, 2.05) is 0 Å². The molecule has 0 aliphatic carbocycles. The second kappa shape index (κ2) is 13.3. The van der Waals surface area contributed by atoms with E-state index in [1.54, 1.807) is 0 Å². The zero-order valence-corrected chi connectivity index (χ0v) is 23.5. The third kappa shape index (κ3) is 6.81. The number of hydrogen-bond donors (Lipinski definition) is 0. The van der Waals surface area contributed by atoms with Gasteiger partial charge in [-0.15, -0.1) is 0 Å². The second-order valence-electron chi connectivity index (χ2n) is 10.2. The molecule has 0 bridgehead atoms. The van der Waals surface area contributed by atoms with E-state index < -0.39 is 0 Å². The topological polar surface area (TPSA) is 0 Å². The van der Waals surface area contributed by atoms with Gasteiger partial charge >= 0.3 is 0 Å². The zero-order chi connectivity index (χ0) is 28.4. The molecule has 0 heterocycles. The van der Waals surface area contributed by atoms with E-state index in [4.69, 9.17) is 0 Å². The monoisotopic (exact) mass is 536 g/mol. The van der Waals surface area contributed by atoms with Crippen LogP contribution in [0.15, 0.2) is 170 Å². The Balaban J connectivity index is 1.20. The highest BCUT2D eigenvalue weighted by Crippen LogP contribution is 2.27. The van der Waals surface area contributed by atoms with Crippen molar-refractivity contribution in [2.45, 2.75) is 0 Å². The van der Waals surface area contributed by atoms with E-state index in [0.717, 1.165) is 0 Å². The molecule has 0 fully saturated rings. The molecule has 0 heteroatoms. The lowest BCUT2D eigenvalue weighted by Crippen LogP contribution is -1.88. The summed E-state index contributed by atoms with van der Waals surface area (Å²) in [5.41, 5.74) is 12.0. The van der Waals surface area contributed by atoms with Gasteiger partial charge < -0.3 is 0 Å². The molecule has 0 radical (unpaired) electrons. The Hall–Kier alpha value is -5.46. The lowest BCUT2D eigenvalue weighted by atomic mass is 9.95. The van der Waals surface area contributed by atoms with Crippen LogP contribution in [0.4, 0.5) is 0 Å². The highest BCUT2D eigenvalue weighted by Gasteiger charge is 2.06. The maximum absolute atomic E-state index is 2.27. The average Bonchev–Trinajstić information content (AvgIpc) is 3.08. The zero-order valence-electron chi connectivity index (χ0n) is 23.5. The Kier molecular flexibility index (Phi) is 8.45. The van der Waals surface area contributed by atoms with Crippen molar-refractivity contribution in [3.8, 4) is 0 Å². The Morgan fingerprint density at radius 2 is 0.500 bits per heavy atom. The average molecular weight is 537 g/mol. The molecular formula is C42H32. The fourth-order valence-corrected chi connectivity index (χ4v) is 5.07. The van der Waals surface area contributed by atoms with Gasteiger partial charge in [0.05, 0.1) is 0 Å². The third-order valence-corrected chi connectivity index (χ3v) is 7.30. The summed E-state index contributed by atoms with van der Waals surface area (Å²) in [5.74, 6) is 0. The summed E-state index contributed by atoms with van der Waals surface area (Å²) in [6.07, 6.45) is 8.88. The molecule has 0 nitrogen and oxygen atoms in total. The summed E-state index contributed by atoms with van der Waals surface area (Å²) in [4.78, 5) is 0. The van der Waals surface area contributed by atoms with Crippen LogP contribution < -0.4 is 0 Å². The summed E-state index contributed by atoms with van der Waals surface area (Å²) < 4.78 is 0. The van der Waals surface area contributed by atoms with Gasteiger partial charge in [-0.25, -0.2) is 0 Å². The summed E-state index contributed by atoms with van der Waals surface area (Å²) in [6.45, 7) is 0. The van der Waals surface area contributed by atoms with Crippen molar-refractivity contribution in [1.82, 2.24) is 0 Å². The smallest absolute Gasteiger partial charge is 0.0105 e. The highest BCUT2D eigenvalue weighted by atomic mass is 14.1. The predicted octanol–water partition coefficient (Wildman–Crippen LogP) is 11.0. The van der Waals surface area contributed by atoms with Crippen LogP contribution in [0.2, 0.25) is 0 Å². The number of rotatable bonds is 8. The first-order valence-electron chi connectivity index (χ1n) is 14.4.